The average Bonchev–Trinajstić information content (AvgIpc) is 2.34. The minimum absolute atomic E-state index is 0.555. The van der Waals surface area contributed by atoms with Crippen LogP contribution in [0.3, 0.4) is 0 Å². The maximum atomic E-state index is 9.05. The molecule has 1 heterocycles. The first-order chi connectivity index (χ1) is 8.56. The van der Waals surface area contributed by atoms with Crippen LogP contribution in [-0.4, -0.2) is 35.2 Å². The van der Waals surface area contributed by atoms with Crippen molar-refractivity contribution in [2.75, 3.05) is 13.1 Å². The molecule has 2 rings (SSSR count). The summed E-state index contributed by atoms with van der Waals surface area (Å²) in [7, 11) is -1.37. The molecule has 0 saturated carbocycles. The SMILES string of the molecule is CC1CCN(Cc2ccc(B(O)O)cc2)CC1C. The second-order valence-corrected chi connectivity index (χ2v) is 5.59. The van der Waals surface area contributed by atoms with Crippen LogP contribution < -0.4 is 5.46 Å². The molecule has 98 valence electrons. The Morgan fingerprint density at radius 2 is 1.83 bits per heavy atom. The molecule has 2 atom stereocenters. The van der Waals surface area contributed by atoms with Gasteiger partial charge in [0.1, 0.15) is 0 Å². The van der Waals surface area contributed by atoms with E-state index in [-0.39, 0.29) is 0 Å². The zero-order valence-electron chi connectivity index (χ0n) is 11.2. The Labute approximate surface area is 110 Å². The van der Waals surface area contributed by atoms with E-state index in [1.807, 2.05) is 12.1 Å². The van der Waals surface area contributed by atoms with E-state index in [9.17, 15) is 0 Å². The van der Waals surface area contributed by atoms with E-state index < -0.39 is 7.12 Å². The summed E-state index contributed by atoms with van der Waals surface area (Å²) in [5, 5.41) is 18.1. The maximum absolute atomic E-state index is 9.05. The summed E-state index contributed by atoms with van der Waals surface area (Å²) in [5.74, 6) is 1.59. The summed E-state index contributed by atoms with van der Waals surface area (Å²) in [6.45, 7) is 7.93. The van der Waals surface area contributed by atoms with Gasteiger partial charge in [-0.3, -0.25) is 4.90 Å². The van der Waals surface area contributed by atoms with Gasteiger partial charge in [0.15, 0.2) is 0 Å². The van der Waals surface area contributed by atoms with Crippen molar-refractivity contribution in [3.63, 3.8) is 0 Å². The van der Waals surface area contributed by atoms with Crippen molar-refractivity contribution < 1.29 is 10.0 Å². The fourth-order valence-electron chi connectivity index (χ4n) is 2.55. The predicted molar refractivity (Wildman–Crippen MR) is 74.5 cm³/mol. The Bertz CT molecular complexity index is 380. The second kappa shape index (κ2) is 5.87. The quantitative estimate of drug-likeness (QED) is 0.778. The highest BCUT2D eigenvalue weighted by Gasteiger charge is 2.22. The summed E-state index contributed by atoms with van der Waals surface area (Å²) in [5.41, 5.74) is 1.79. The number of hydrogen-bond acceptors (Lipinski definition) is 3. The molecule has 0 radical (unpaired) electrons. The maximum Gasteiger partial charge on any atom is 0.488 e. The molecule has 1 aromatic rings. The van der Waals surface area contributed by atoms with Crippen LogP contribution in [0.5, 0.6) is 0 Å². The molecule has 3 nitrogen and oxygen atoms in total. The lowest BCUT2D eigenvalue weighted by molar-refractivity contribution is 0.132. The van der Waals surface area contributed by atoms with Crippen molar-refractivity contribution >= 4 is 12.6 Å². The van der Waals surface area contributed by atoms with Gasteiger partial charge in [0, 0.05) is 13.1 Å². The zero-order valence-corrected chi connectivity index (χ0v) is 11.2. The lowest BCUT2D eigenvalue weighted by atomic mass is 9.80. The number of nitrogens with zero attached hydrogens (tertiary/aromatic N) is 1. The third-order valence-corrected chi connectivity index (χ3v) is 4.10. The smallest absolute Gasteiger partial charge is 0.423 e. The molecular weight excluding hydrogens is 225 g/mol. The number of piperidine rings is 1. The highest BCUT2D eigenvalue weighted by molar-refractivity contribution is 6.58. The molecular formula is C14H22BNO2. The van der Waals surface area contributed by atoms with E-state index in [0.29, 0.717) is 5.46 Å². The van der Waals surface area contributed by atoms with Crippen LogP contribution in [-0.2, 0) is 6.54 Å². The van der Waals surface area contributed by atoms with Gasteiger partial charge in [0.2, 0.25) is 0 Å². The molecule has 1 fully saturated rings. The van der Waals surface area contributed by atoms with Crippen LogP contribution in [0.25, 0.3) is 0 Å². The zero-order chi connectivity index (χ0) is 13.1. The van der Waals surface area contributed by atoms with Crippen LogP contribution in [0, 0.1) is 11.8 Å². The molecule has 0 aliphatic carbocycles. The highest BCUT2D eigenvalue weighted by Crippen LogP contribution is 2.23. The van der Waals surface area contributed by atoms with Crippen LogP contribution in [0.1, 0.15) is 25.8 Å². The minimum atomic E-state index is -1.37. The van der Waals surface area contributed by atoms with Gasteiger partial charge in [-0.05, 0) is 35.8 Å². The summed E-state index contributed by atoms with van der Waals surface area (Å²) in [6.07, 6.45) is 1.27. The summed E-state index contributed by atoms with van der Waals surface area (Å²) >= 11 is 0. The number of hydrogen-bond donors (Lipinski definition) is 2. The first kappa shape index (κ1) is 13.6. The highest BCUT2D eigenvalue weighted by atomic mass is 16.4. The van der Waals surface area contributed by atoms with Gasteiger partial charge < -0.3 is 10.0 Å². The van der Waals surface area contributed by atoms with E-state index in [4.69, 9.17) is 10.0 Å². The van der Waals surface area contributed by atoms with E-state index in [1.54, 1.807) is 12.1 Å². The summed E-state index contributed by atoms with van der Waals surface area (Å²) in [6, 6.07) is 7.54. The molecule has 1 aromatic carbocycles. The molecule has 0 amide bonds. The normalized spacial score (nSPS) is 25.1. The summed E-state index contributed by atoms with van der Waals surface area (Å²) in [4.78, 5) is 2.48. The van der Waals surface area contributed by atoms with Crippen molar-refractivity contribution in [2.24, 2.45) is 11.8 Å². The van der Waals surface area contributed by atoms with Gasteiger partial charge in [-0.1, -0.05) is 38.1 Å². The van der Waals surface area contributed by atoms with E-state index in [1.165, 1.54) is 12.0 Å². The topological polar surface area (TPSA) is 43.7 Å². The molecule has 2 N–H and O–H groups in total. The van der Waals surface area contributed by atoms with Crippen molar-refractivity contribution in [1.82, 2.24) is 4.90 Å². The lowest BCUT2D eigenvalue weighted by Gasteiger charge is -2.35. The molecule has 0 aromatic heterocycles. The first-order valence-corrected chi connectivity index (χ1v) is 6.73. The standard InChI is InChI=1S/C14H22BNO2/c1-11-7-8-16(9-12(11)2)10-13-3-5-14(6-4-13)15(17)18/h3-6,11-12,17-18H,7-10H2,1-2H3. The number of likely N-dealkylation sites (tertiary alicyclic amines) is 1. The summed E-state index contributed by atoms with van der Waals surface area (Å²) < 4.78 is 0. The van der Waals surface area contributed by atoms with Gasteiger partial charge in [-0.2, -0.15) is 0 Å². The predicted octanol–water partition coefficient (Wildman–Crippen LogP) is 0.844. The third-order valence-electron chi connectivity index (χ3n) is 4.10. The van der Waals surface area contributed by atoms with Gasteiger partial charge in [-0.25, -0.2) is 0 Å². The molecule has 0 spiro atoms. The fourth-order valence-corrected chi connectivity index (χ4v) is 2.55. The van der Waals surface area contributed by atoms with Gasteiger partial charge in [0.05, 0.1) is 0 Å². The molecule has 2 unspecified atom stereocenters. The third kappa shape index (κ3) is 3.34. The van der Waals surface area contributed by atoms with Gasteiger partial charge in [-0.15, -0.1) is 0 Å². The average molecular weight is 247 g/mol. The van der Waals surface area contributed by atoms with Gasteiger partial charge in [0.25, 0.3) is 0 Å². The van der Waals surface area contributed by atoms with E-state index >= 15 is 0 Å². The van der Waals surface area contributed by atoms with Gasteiger partial charge >= 0.3 is 7.12 Å². The molecule has 0 bridgehead atoms. The van der Waals surface area contributed by atoms with Crippen molar-refractivity contribution in [3.8, 4) is 0 Å². The van der Waals surface area contributed by atoms with Crippen molar-refractivity contribution in [1.29, 1.82) is 0 Å². The molecule has 1 aliphatic rings. The van der Waals surface area contributed by atoms with Crippen LogP contribution in [0.2, 0.25) is 0 Å². The minimum Gasteiger partial charge on any atom is -0.423 e. The Kier molecular flexibility index (Phi) is 4.43. The number of rotatable bonds is 3. The fraction of sp³-hybridized carbons (Fsp3) is 0.571. The largest absolute Gasteiger partial charge is 0.488 e. The molecule has 4 heteroatoms. The van der Waals surface area contributed by atoms with Crippen LogP contribution >= 0.6 is 0 Å². The molecule has 1 saturated heterocycles. The van der Waals surface area contributed by atoms with Crippen LogP contribution in [0.4, 0.5) is 0 Å². The second-order valence-electron chi connectivity index (χ2n) is 5.59. The Morgan fingerprint density at radius 3 is 2.39 bits per heavy atom. The van der Waals surface area contributed by atoms with E-state index in [0.717, 1.165) is 31.5 Å². The van der Waals surface area contributed by atoms with Crippen LogP contribution in [0.15, 0.2) is 24.3 Å². The van der Waals surface area contributed by atoms with Crippen molar-refractivity contribution in [2.45, 2.75) is 26.8 Å². The first-order valence-electron chi connectivity index (χ1n) is 6.73. The van der Waals surface area contributed by atoms with Crippen molar-refractivity contribution in [3.05, 3.63) is 29.8 Å². The Hall–Kier alpha value is -0.835. The molecule has 18 heavy (non-hydrogen) atoms. The lowest BCUT2D eigenvalue weighted by Crippen LogP contribution is -2.38. The van der Waals surface area contributed by atoms with E-state index in [2.05, 4.69) is 18.7 Å². The Morgan fingerprint density at radius 1 is 1.17 bits per heavy atom. The monoisotopic (exact) mass is 247 g/mol. The Balaban J connectivity index is 1.93. The number of benzene rings is 1. The molecule has 1 aliphatic heterocycles.